The second-order valence-corrected chi connectivity index (χ2v) is 7.86. The van der Waals surface area contributed by atoms with E-state index in [9.17, 15) is 27.6 Å². The normalized spacial score (nSPS) is 16.0. The molecule has 1 N–H and O–H groups in total. The van der Waals surface area contributed by atoms with Crippen LogP contribution in [0.2, 0.25) is 0 Å². The predicted molar refractivity (Wildman–Crippen MR) is 114 cm³/mol. The summed E-state index contributed by atoms with van der Waals surface area (Å²) < 4.78 is 44.6. The van der Waals surface area contributed by atoms with Gasteiger partial charge in [0.2, 0.25) is 11.8 Å². The maximum Gasteiger partial charge on any atom is 0.418 e. The number of methoxy groups -OCH3 is 1. The molecule has 1 heterocycles. The highest BCUT2D eigenvalue weighted by Crippen LogP contribution is 2.36. The molecule has 7 nitrogen and oxygen atoms in total. The Kier molecular flexibility index (Phi) is 8.29. The van der Waals surface area contributed by atoms with Crippen molar-refractivity contribution in [3.8, 4) is 0 Å². The number of hydrogen-bond acceptors (Lipinski definition) is 5. The molecule has 0 aliphatic carbocycles. The molecule has 32 heavy (non-hydrogen) atoms. The van der Waals surface area contributed by atoms with Crippen molar-refractivity contribution < 1.29 is 32.3 Å². The van der Waals surface area contributed by atoms with Crippen LogP contribution in [0.25, 0.3) is 6.08 Å². The zero-order chi connectivity index (χ0) is 24.1. The van der Waals surface area contributed by atoms with E-state index in [0.29, 0.717) is 25.9 Å². The summed E-state index contributed by atoms with van der Waals surface area (Å²) >= 11 is 0. The van der Waals surface area contributed by atoms with E-state index in [-0.39, 0.29) is 29.0 Å². The molecule has 1 unspecified atom stereocenters. The monoisotopic (exact) mass is 455 g/mol. The SMILES string of the molecule is COC(=O)C(C)NC(=O)C1CCN(C(=O)/C=C/c2ccc(N(C)C)c(C(F)(F)F)c2)CC1. The maximum atomic E-state index is 13.3. The lowest BCUT2D eigenvalue weighted by Crippen LogP contribution is -2.46. The minimum atomic E-state index is -4.51. The fraction of sp³-hybridized carbons (Fsp3) is 0.500. The molecular weight excluding hydrogens is 427 g/mol. The van der Waals surface area contributed by atoms with E-state index in [2.05, 4.69) is 10.1 Å². The third-order valence-electron chi connectivity index (χ3n) is 5.32. The summed E-state index contributed by atoms with van der Waals surface area (Å²) in [6, 6.07) is 3.15. The summed E-state index contributed by atoms with van der Waals surface area (Å²) in [5.74, 6) is -1.48. The van der Waals surface area contributed by atoms with Gasteiger partial charge in [-0.1, -0.05) is 6.07 Å². The number of carbonyl (C=O) groups is 3. The summed E-state index contributed by atoms with van der Waals surface area (Å²) in [6.45, 7) is 2.20. The number of anilines is 1. The first-order valence-electron chi connectivity index (χ1n) is 10.2. The molecule has 0 aromatic heterocycles. The number of esters is 1. The molecule has 176 valence electrons. The van der Waals surface area contributed by atoms with Crippen LogP contribution in [0.1, 0.15) is 30.9 Å². The van der Waals surface area contributed by atoms with E-state index in [1.807, 2.05) is 0 Å². The lowest BCUT2D eigenvalue weighted by molar-refractivity contribution is -0.145. The third kappa shape index (κ3) is 6.48. The van der Waals surface area contributed by atoms with E-state index in [1.54, 1.807) is 4.90 Å². The van der Waals surface area contributed by atoms with Crippen molar-refractivity contribution in [2.24, 2.45) is 5.92 Å². The van der Waals surface area contributed by atoms with Crippen molar-refractivity contribution in [2.75, 3.05) is 39.2 Å². The van der Waals surface area contributed by atoms with Crippen molar-refractivity contribution >= 4 is 29.5 Å². The predicted octanol–water partition coefficient (Wildman–Crippen LogP) is 2.70. The maximum absolute atomic E-state index is 13.3. The summed E-state index contributed by atoms with van der Waals surface area (Å²) in [5.41, 5.74) is -0.463. The number of hydrogen-bond donors (Lipinski definition) is 1. The zero-order valence-corrected chi connectivity index (χ0v) is 18.5. The van der Waals surface area contributed by atoms with Crippen LogP contribution in [0.4, 0.5) is 18.9 Å². The number of likely N-dealkylation sites (tertiary alicyclic amines) is 1. The molecule has 2 rings (SSSR count). The molecule has 1 aliphatic heterocycles. The Bertz CT molecular complexity index is 876. The topological polar surface area (TPSA) is 79.0 Å². The highest BCUT2D eigenvalue weighted by molar-refractivity contribution is 5.92. The summed E-state index contributed by atoms with van der Waals surface area (Å²) in [7, 11) is 4.30. The van der Waals surface area contributed by atoms with Crippen LogP contribution in [0.15, 0.2) is 24.3 Å². The number of carbonyl (C=O) groups excluding carboxylic acids is 3. The zero-order valence-electron chi connectivity index (χ0n) is 18.5. The second-order valence-electron chi connectivity index (χ2n) is 7.86. The lowest BCUT2D eigenvalue weighted by Gasteiger charge is -2.31. The molecule has 10 heteroatoms. The molecule has 1 saturated heterocycles. The highest BCUT2D eigenvalue weighted by Gasteiger charge is 2.34. The van der Waals surface area contributed by atoms with Crippen molar-refractivity contribution in [2.45, 2.75) is 32.0 Å². The number of benzene rings is 1. The number of rotatable bonds is 6. The van der Waals surface area contributed by atoms with Gasteiger partial charge >= 0.3 is 12.1 Å². The van der Waals surface area contributed by atoms with E-state index in [1.165, 1.54) is 57.3 Å². The van der Waals surface area contributed by atoms with Gasteiger partial charge in [0.25, 0.3) is 0 Å². The Labute approximate surface area is 185 Å². The van der Waals surface area contributed by atoms with Crippen LogP contribution in [0, 0.1) is 5.92 Å². The fourth-order valence-electron chi connectivity index (χ4n) is 3.48. The highest BCUT2D eigenvalue weighted by atomic mass is 19.4. The Hall–Kier alpha value is -3.04. The standard InChI is InChI=1S/C22H28F3N3O4/c1-14(21(31)32-4)26-20(30)16-9-11-28(12-10-16)19(29)8-6-15-5-7-18(27(2)3)17(13-15)22(23,24)25/h5-8,13-14,16H,9-12H2,1-4H3,(H,26,30)/b8-6+. The fourth-order valence-corrected chi connectivity index (χ4v) is 3.48. The average molecular weight is 455 g/mol. The van der Waals surface area contributed by atoms with Crippen LogP contribution >= 0.6 is 0 Å². The number of halogens is 3. The van der Waals surface area contributed by atoms with Gasteiger partial charge in [-0.25, -0.2) is 4.79 Å². The van der Waals surface area contributed by atoms with Gasteiger partial charge < -0.3 is 19.9 Å². The molecular formula is C22H28F3N3O4. The number of alkyl halides is 3. The molecule has 0 spiro atoms. The van der Waals surface area contributed by atoms with Crippen molar-refractivity contribution in [3.63, 3.8) is 0 Å². The molecule has 1 atom stereocenters. The number of nitrogens with zero attached hydrogens (tertiary/aromatic N) is 2. The average Bonchev–Trinajstić information content (AvgIpc) is 2.75. The Morgan fingerprint density at radius 2 is 1.84 bits per heavy atom. The molecule has 0 radical (unpaired) electrons. The molecule has 2 amide bonds. The third-order valence-corrected chi connectivity index (χ3v) is 5.32. The second kappa shape index (κ2) is 10.5. The van der Waals surface area contributed by atoms with E-state index in [0.717, 1.165) is 6.07 Å². The number of amides is 2. The van der Waals surface area contributed by atoms with Gasteiger partial charge in [-0.2, -0.15) is 13.2 Å². The summed E-state index contributed by atoms with van der Waals surface area (Å²) in [5, 5.41) is 2.59. The molecule has 1 aromatic carbocycles. The van der Waals surface area contributed by atoms with Gasteiger partial charge in [-0.05, 0) is 43.5 Å². The first kappa shape index (κ1) is 25.2. The van der Waals surface area contributed by atoms with E-state index in [4.69, 9.17) is 0 Å². The van der Waals surface area contributed by atoms with Crippen molar-refractivity contribution in [1.29, 1.82) is 0 Å². The van der Waals surface area contributed by atoms with Gasteiger partial charge in [0.1, 0.15) is 6.04 Å². The summed E-state index contributed by atoms with van der Waals surface area (Å²) in [4.78, 5) is 39.1. The largest absolute Gasteiger partial charge is 0.467 e. The van der Waals surface area contributed by atoms with Gasteiger partial charge in [-0.15, -0.1) is 0 Å². The van der Waals surface area contributed by atoms with Gasteiger partial charge in [0.15, 0.2) is 0 Å². The Morgan fingerprint density at radius 1 is 1.22 bits per heavy atom. The van der Waals surface area contributed by atoms with E-state index < -0.39 is 23.8 Å². The smallest absolute Gasteiger partial charge is 0.418 e. The van der Waals surface area contributed by atoms with Crippen LogP contribution in [-0.4, -0.2) is 63.0 Å². The van der Waals surface area contributed by atoms with Crippen molar-refractivity contribution in [3.05, 3.63) is 35.4 Å². The number of piperidine rings is 1. The first-order chi connectivity index (χ1) is 14.9. The van der Waals surface area contributed by atoms with Crippen LogP contribution < -0.4 is 10.2 Å². The Morgan fingerprint density at radius 3 is 2.38 bits per heavy atom. The number of nitrogens with one attached hydrogen (secondary N) is 1. The van der Waals surface area contributed by atoms with Crippen LogP contribution in [-0.2, 0) is 25.3 Å². The van der Waals surface area contributed by atoms with E-state index >= 15 is 0 Å². The van der Waals surface area contributed by atoms with Crippen LogP contribution in [0.5, 0.6) is 0 Å². The van der Waals surface area contributed by atoms with Crippen molar-refractivity contribution in [1.82, 2.24) is 10.2 Å². The van der Waals surface area contributed by atoms with Gasteiger partial charge in [-0.3, -0.25) is 9.59 Å². The Balaban J connectivity index is 1.97. The van der Waals surface area contributed by atoms with Crippen LogP contribution in [0.3, 0.4) is 0 Å². The van der Waals surface area contributed by atoms with Gasteiger partial charge in [0, 0.05) is 44.9 Å². The summed E-state index contributed by atoms with van der Waals surface area (Å²) in [6.07, 6.45) is -1.07. The minimum absolute atomic E-state index is 0.0443. The lowest BCUT2D eigenvalue weighted by atomic mass is 9.95. The van der Waals surface area contributed by atoms with Gasteiger partial charge in [0.05, 0.1) is 12.7 Å². The molecule has 1 aliphatic rings. The first-order valence-corrected chi connectivity index (χ1v) is 10.2. The molecule has 1 aromatic rings. The minimum Gasteiger partial charge on any atom is -0.467 e. The molecule has 1 fully saturated rings. The molecule has 0 bridgehead atoms. The number of ether oxygens (including phenoxy) is 1. The molecule has 0 saturated carbocycles. The quantitative estimate of drug-likeness (QED) is 0.527.